The van der Waals surface area contributed by atoms with Gasteiger partial charge in [0.25, 0.3) is 0 Å². The molecule has 0 unspecified atom stereocenters. The highest BCUT2D eigenvalue weighted by molar-refractivity contribution is 6.00. The molecule has 26 heavy (non-hydrogen) atoms. The van der Waals surface area contributed by atoms with Crippen molar-refractivity contribution in [3.8, 4) is 0 Å². The van der Waals surface area contributed by atoms with Crippen molar-refractivity contribution < 1.29 is 28.7 Å². The van der Waals surface area contributed by atoms with Crippen molar-refractivity contribution in [3.05, 3.63) is 29.3 Å². The van der Waals surface area contributed by atoms with Crippen LogP contribution in [-0.4, -0.2) is 56.0 Å². The van der Waals surface area contributed by atoms with E-state index >= 15 is 0 Å². The molecule has 1 aliphatic heterocycles. The number of piperidine rings is 1. The lowest BCUT2D eigenvalue weighted by molar-refractivity contribution is -0.132. The Hall–Kier alpha value is -2.90. The van der Waals surface area contributed by atoms with Crippen LogP contribution >= 0.6 is 0 Å². The fourth-order valence-corrected chi connectivity index (χ4v) is 2.87. The molecule has 140 valence electrons. The van der Waals surface area contributed by atoms with Gasteiger partial charge in [0.15, 0.2) is 0 Å². The lowest BCUT2D eigenvalue weighted by Gasteiger charge is -2.30. The van der Waals surface area contributed by atoms with E-state index in [2.05, 4.69) is 14.8 Å². The first-order chi connectivity index (χ1) is 12.3. The summed E-state index contributed by atoms with van der Waals surface area (Å²) in [6, 6.07) is 4.24. The Labute approximate surface area is 151 Å². The van der Waals surface area contributed by atoms with Crippen LogP contribution in [0.15, 0.2) is 18.2 Å². The Bertz CT molecular complexity index is 688. The molecule has 1 aromatic rings. The number of esters is 2. The van der Waals surface area contributed by atoms with Crippen LogP contribution in [0.1, 0.15) is 40.5 Å². The van der Waals surface area contributed by atoms with Gasteiger partial charge in [-0.25, -0.2) is 9.59 Å². The maximum atomic E-state index is 12.5. The van der Waals surface area contributed by atoms with Gasteiger partial charge in [-0.1, -0.05) is 0 Å². The van der Waals surface area contributed by atoms with Gasteiger partial charge in [-0.2, -0.15) is 0 Å². The first-order valence-corrected chi connectivity index (χ1v) is 8.23. The third-order valence-electron chi connectivity index (χ3n) is 4.35. The van der Waals surface area contributed by atoms with Gasteiger partial charge in [-0.05, 0) is 31.0 Å². The van der Waals surface area contributed by atoms with Gasteiger partial charge >= 0.3 is 11.9 Å². The highest BCUT2D eigenvalue weighted by Gasteiger charge is 2.26. The van der Waals surface area contributed by atoms with E-state index < -0.39 is 11.9 Å². The number of ether oxygens (including phenoxy) is 2. The van der Waals surface area contributed by atoms with E-state index in [0.717, 1.165) is 0 Å². The topological polar surface area (TPSA) is 102 Å². The summed E-state index contributed by atoms with van der Waals surface area (Å²) in [5, 5.41) is 2.74. The summed E-state index contributed by atoms with van der Waals surface area (Å²) in [7, 11) is 2.46. The summed E-state index contributed by atoms with van der Waals surface area (Å²) in [5.41, 5.74) is 0.585. The number of anilines is 1. The molecule has 2 amide bonds. The molecule has 1 aromatic carbocycles. The van der Waals surface area contributed by atoms with Crippen LogP contribution in [0.3, 0.4) is 0 Å². The van der Waals surface area contributed by atoms with Crippen molar-refractivity contribution in [2.45, 2.75) is 19.8 Å². The van der Waals surface area contributed by atoms with Crippen LogP contribution in [0.4, 0.5) is 5.69 Å². The van der Waals surface area contributed by atoms with E-state index in [9.17, 15) is 19.2 Å². The minimum absolute atomic E-state index is 0.00245. The van der Waals surface area contributed by atoms with Gasteiger partial charge in [-0.3, -0.25) is 9.59 Å². The van der Waals surface area contributed by atoms with Crippen LogP contribution in [-0.2, 0) is 19.1 Å². The van der Waals surface area contributed by atoms with Gasteiger partial charge in [0.05, 0.1) is 25.3 Å². The monoisotopic (exact) mass is 362 g/mol. The number of nitrogens with one attached hydrogen (secondary N) is 1. The second-order valence-electron chi connectivity index (χ2n) is 6.05. The summed E-state index contributed by atoms with van der Waals surface area (Å²) >= 11 is 0. The Balaban J connectivity index is 2.15. The molecule has 1 heterocycles. The number of hydrogen-bond acceptors (Lipinski definition) is 6. The van der Waals surface area contributed by atoms with Crippen LogP contribution in [0.5, 0.6) is 0 Å². The maximum Gasteiger partial charge on any atom is 0.337 e. The zero-order valence-electron chi connectivity index (χ0n) is 15.0. The number of likely N-dealkylation sites (tertiary alicyclic amines) is 1. The molecule has 0 spiro atoms. The number of nitrogens with zero attached hydrogens (tertiary/aromatic N) is 1. The predicted octanol–water partition coefficient (Wildman–Crippen LogP) is 1.46. The molecule has 1 fully saturated rings. The second-order valence-corrected chi connectivity index (χ2v) is 6.05. The van der Waals surface area contributed by atoms with Gasteiger partial charge in [-0.15, -0.1) is 0 Å². The number of rotatable bonds is 4. The number of methoxy groups -OCH3 is 2. The summed E-state index contributed by atoms with van der Waals surface area (Å²) < 4.78 is 9.35. The standard InChI is InChI=1S/C18H22N2O6/c1-11(21)20-6-4-12(5-7-20)16(22)19-15-9-13(17(23)25-2)8-14(10-15)18(24)26-3/h8-10,12H,4-7H2,1-3H3,(H,19,22). The lowest BCUT2D eigenvalue weighted by atomic mass is 9.95. The molecule has 0 aromatic heterocycles. The van der Waals surface area contributed by atoms with Gasteiger partial charge in [0.1, 0.15) is 0 Å². The number of benzene rings is 1. The Morgan fingerprint density at radius 1 is 0.962 bits per heavy atom. The van der Waals surface area contributed by atoms with Crippen molar-refractivity contribution in [1.82, 2.24) is 4.90 Å². The van der Waals surface area contributed by atoms with Crippen LogP contribution in [0.2, 0.25) is 0 Å². The lowest BCUT2D eigenvalue weighted by Crippen LogP contribution is -2.40. The molecular weight excluding hydrogens is 340 g/mol. The molecule has 0 aliphatic carbocycles. The fraction of sp³-hybridized carbons (Fsp3) is 0.444. The first kappa shape index (κ1) is 19.4. The van der Waals surface area contributed by atoms with Gasteiger partial charge in [0, 0.05) is 31.6 Å². The smallest absolute Gasteiger partial charge is 0.337 e. The zero-order chi connectivity index (χ0) is 19.3. The Kier molecular flexibility index (Phi) is 6.32. The van der Waals surface area contributed by atoms with Gasteiger partial charge in [0.2, 0.25) is 11.8 Å². The summed E-state index contributed by atoms with van der Waals surface area (Å²) in [6.07, 6.45) is 1.12. The average molecular weight is 362 g/mol. The average Bonchev–Trinajstić information content (AvgIpc) is 2.66. The Morgan fingerprint density at radius 3 is 1.88 bits per heavy atom. The number of hydrogen-bond donors (Lipinski definition) is 1. The number of carbonyl (C=O) groups is 4. The molecule has 0 bridgehead atoms. The third kappa shape index (κ3) is 4.59. The molecule has 1 saturated heterocycles. The van der Waals surface area contributed by atoms with Crippen molar-refractivity contribution in [1.29, 1.82) is 0 Å². The minimum Gasteiger partial charge on any atom is -0.465 e. The molecule has 0 saturated carbocycles. The first-order valence-electron chi connectivity index (χ1n) is 8.23. The molecule has 1 aliphatic rings. The van der Waals surface area contributed by atoms with Crippen LogP contribution < -0.4 is 5.32 Å². The van der Waals surface area contributed by atoms with E-state index in [1.807, 2.05) is 0 Å². The van der Waals surface area contributed by atoms with E-state index in [-0.39, 0.29) is 28.9 Å². The molecule has 8 nitrogen and oxygen atoms in total. The van der Waals surface area contributed by atoms with Crippen molar-refractivity contribution in [3.63, 3.8) is 0 Å². The van der Waals surface area contributed by atoms with E-state index in [1.54, 1.807) is 4.90 Å². The van der Waals surface area contributed by atoms with Gasteiger partial charge < -0.3 is 19.7 Å². The summed E-state index contributed by atoms with van der Waals surface area (Å²) in [6.45, 7) is 2.57. The third-order valence-corrected chi connectivity index (χ3v) is 4.35. The van der Waals surface area contributed by atoms with E-state index in [1.165, 1.54) is 39.3 Å². The molecule has 0 radical (unpaired) electrons. The SMILES string of the molecule is COC(=O)c1cc(NC(=O)C2CCN(C(C)=O)CC2)cc(C(=O)OC)c1. The normalized spacial score (nSPS) is 14.5. The van der Waals surface area contributed by atoms with E-state index in [4.69, 9.17) is 0 Å². The molecule has 0 atom stereocenters. The highest BCUT2D eigenvalue weighted by Crippen LogP contribution is 2.22. The largest absolute Gasteiger partial charge is 0.465 e. The highest BCUT2D eigenvalue weighted by atomic mass is 16.5. The Morgan fingerprint density at radius 2 is 1.46 bits per heavy atom. The molecular formula is C18H22N2O6. The summed E-state index contributed by atoms with van der Waals surface area (Å²) in [4.78, 5) is 49.2. The predicted molar refractivity (Wildman–Crippen MR) is 92.7 cm³/mol. The van der Waals surface area contributed by atoms with Crippen molar-refractivity contribution in [2.24, 2.45) is 5.92 Å². The second kappa shape index (κ2) is 8.46. The maximum absolute atomic E-state index is 12.5. The fourth-order valence-electron chi connectivity index (χ4n) is 2.87. The number of carbonyl (C=O) groups excluding carboxylic acids is 4. The molecule has 8 heteroatoms. The van der Waals surface area contributed by atoms with Crippen molar-refractivity contribution >= 4 is 29.4 Å². The van der Waals surface area contributed by atoms with Crippen molar-refractivity contribution in [2.75, 3.05) is 32.6 Å². The van der Waals surface area contributed by atoms with E-state index in [0.29, 0.717) is 31.6 Å². The minimum atomic E-state index is -0.624. The quantitative estimate of drug-likeness (QED) is 0.814. The molecule has 1 N–H and O–H groups in total. The number of amides is 2. The van der Waals surface area contributed by atoms with Crippen LogP contribution in [0.25, 0.3) is 0 Å². The van der Waals surface area contributed by atoms with Crippen LogP contribution in [0, 0.1) is 5.92 Å². The molecule has 2 rings (SSSR count). The zero-order valence-corrected chi connectivity index (χ0v) is 15.0. The summed E-state index contributed by atoms with van der Waals surface area (Å²) in [5.74, 6) is -1.71.